The molecule has 0 amide bonds. The summed E-state index contributed by atoms with van der Waals surface area (Å²) in [6.07, 6.45) is 0. The van der Waals surface area contributed by atoms with Crippen molar-refractivity contribution in [1.29, 1.82) is 0 Å². The number of carbonyl (C=O) groups is 4. The zero-order valence-corrected chi connectivity index (χ0v) is 29.0. The summed E-state index contributed by atoms with van der Waals surface area (Å²) in [7, 11) is 0. The lowest BCUT2D eigenvalue weighted by Crippen LogP contribution is -2.36. The summed E-state index contributed by atoms with van der Waals surface area (Å²) >= 11 is 4.24. The second-order valence-corrected chi connectivity index (χ2v) is 12.7. The van der Waals surface area contributed by atoms with Crippen molar-refractivity contribution in [2.24, 2.45) is 0 Å². The molecule has 2 atom stereocenters. The van der Waals surface area contributed by atoms with Crippen LogP contribution in [0.2, 0.25) is 0 Å². The molecule has 0 saturated carbocycles. The second-order valence-electron chi connectivity index (χ2n) is 9.66. The topological polar surface area (TPSA) is 114 Å². The Hall–Kier alpha value is -3.82. The van der Waals surface area contributed by atoms with Crippen molar-refractivity contribution < 1.29 is 42.9 Å². The molecule has 232 valence electrons. The van der Waals surface area contributed by atoms with E-state index in [2.05, 4.69) is 45.2 Å². The molecule has 45 heavy (non-hydrogen) atoms. The van der Waals surface area contributed by atoms with Crippen molar-refractivity contribution in [3.05, 3.63) is 119 Å². The summed E-state index contributed by atoms with van der Waals surface area (Å²) < 4.78 is 26.6. The highest BCUT2D eigenvalue weighted by molar-refractivity contribution is 14.1. The minimum absolute atomic E-state index is 0.0147. The molecule has 0 bridgehead atoms. The average Bonchev–Trinajstić information content (AvgIpc) is 2.98. The molecule has 0 heterocycles. The van der Waals surface area contributed by atoms with Crippen LogP contribution in [0.5, 0.6) is 23.0 Å². The lowest BCUT2D eigenvalue weighted by Gasteiger charge is -2.40. The van der Waals surface area contributed by atoms with E-state index in [0.29, 0.717) is 22.3 Å². The lowest BCUT2D eigenvalue weighted by molar-refractivity contribution is -0.135. The number of carbonyl (C=O) groups excluding carboxylic acids is 4. The van der Waals surface area contributed by atoms with Crippen LogP contribution in [0.25, 0.3) is 0 Å². The van der Waals surface area contributed by atoms with Crippen molar-refractivity contribution in [2.75, 3.05) is 0 Å². The Morgan fingerprint density at radius 1 is 0.467 bits per heavy atom. The molecular formula is C34H28I2O9. The van der Waals surface area contributed by atoms with Crippen LogP contribution in [0.1, 0.15) is 49.9 Å². The molecule has 0 aliphatic heterocycles. The summed E-state index contributed by atoms with van der Waals surface area (Å²) in [4.78, 5) is 48.8. The van der Waals surface area contributed by atoms with E-state index in [1.165, 1.54) is 39.8 Å². The Labute approximate surface area is 287 Å². The minimum Gasteiger partial charge on any atom is -0.423 e. The number of ether oxygens (including phenoxy) is 5. The normalized spacial score (nSPS) is 13.5. The van der Waals surface area contributed by atoms with Gasteiger partial charge in [-0.2, -0.15) is 0 Å². The first kappa shape index (κ1) is 34.1. The fraction of sp³-hybridized carbons (Fsp3) is 0.176. The maximum atomic E-state index is 12.4. The molecular weight excluding hydrogens is 806 g/mol. The SMILES string of the molecule is CC(=O)Oc1cccc(C(I)(OC(I)(c2ccccc2)c2cccc(OC(C)=O)c2OC(C)=O)c2ccccc2)c1OC(C)=O. The third-order valence-corrected chi connectivity index (χ3v) is 9.07. The van der Waals surface area contributed by atoms with Gasteiger partial charge < -0.3 is 23.7 Å². The summed E-state index contributed by atoms with van der Waals surface area (Å²) in [6.45, 7) is 4.97. The van der Waals surface area contributed by atoms with E-state index in [1.807, 2.05) is 60.7 Å². The number of hydrogen-bond acceptors (Lipinski definition) is 9. The number of benzene rings is 4. The molecule has 0 aromatic heterocycles. The molecule has 11 heteroatoms. The van der Waals surface area contributed by atoms with Gasteiger partial charge in [0, 0.05) is 38.8 Å². The highest BCUT2D eigenvalue weighted by Crippen LogP contribution is 2.56. The Balaban J connectivity index is 2.09. The van der Waals surface area contributed by atoms with Crippen LogP contribution in [0.4, 0.5) is 0 Å². The van der Waals surface area contributed by atoms with Gasteiger partial charge in [0.05, 0.1) is 0 Å². The largest absolute Gasteiger partial charge is 0.423 e. The van der Waals surface area contributed by atoms with Gasteiger partial charge in [-0.1, -0.05) is 84.9 Å². The first-order chi connectivity index (χ1) is 21.3. The molecule has 4 aromatic rings. The van der Waals surface area contributed by atoms with Crippen molar-refractivity contribution in [3.8, 4) is 23.0 Å². The number of alkyl halides is 2. The first-order valence-electron chi connectivity index (χ1n) is 13.5. The van der Waals surface area contributed by atoms with Crippen LogP contribution in [0.3, 0.4) is 0 Å². The van der Waals surface area contributed by atoms with Gasteiger partial charge in [0.2, 0.25) is 0 Å². The molecule has 0 spiro atoms. The van der Waals surface area contributed by atoms with E-state index in [-0.39, 0.29) is 23.0 Å². The number of esters is 4. The Morgan fingerprint density at radius 2 is 0.800 bits per heavy atom. The Bertz CT molecular complexity index is 1600. The maximum absolute atomic E-state index is 12.4. The minimum atomic E-state index is -1.46. The van der Waals surface area contributed by atoms with Crippen LogP contribution in [0, 0.1) is 0 Å². The molecule has 0 aliphatic rings. The molecule has 2 unspecified atom stereocenters. The number of halogens is 2. The van der Waals surface area contributed by atoms with Crippen molar-refractivity contribution >= 4 is 69.1 Å². The molecule has 9 nitrogen and oxygen atoms in total. The van der Waals surface area contributed by atoms with Crippen molar-refractivity contribution in [3.63, 3.8) is 0 Å². The number of hydrogen-bond donors (Lipinski definition) is 0. The number of para-hydroxylation sites is 2. The van der Waals surface area contributed by atoms with Crippen molar-refractivity contribution in [2.45, 2.75) is 34.9 Å². The van der Waals surface area contributed by atoms with Crippen LogP contribution in [-0.2, 0) is 31.1 Å². The average molecular weight is 834 g/mol. The first-order valence-corrected chi connectivity index (χ1v) is 15.7. The lowest BCUT2D eigenvalue weighted by atomic mass is 9.96. The van der Waals surface area contributed by atoms with Gasteiger partial charge in [-0.15, -0.1) is 0 Å². The van der Waals surface area contributed by atoms with E-state index < -0.39 is 31.1 Å². The van der Waals surface area contributed by atoms with Gasteiger partial charge in [-0.05, 0) is 68.4 Å². The summed E-state index contributed by atoms with van der Waals surface area (Å²) in [6, 6.07) is 28.1. The molecule has 4 rings (SSSR count). The Morgan fingerprint density at radius 3 is 1.11 bits per heavy atom. The van der Waals surface area contributed by atoms with E-state index in [9.17, 15) is 19.2 Å². The maximum Gasteiger partial charge on any atom is 0.308 e. The fourth-order valence-electron chi connectivity index (χ4n) is 4.54. The van der Waals surface area contributed by atoms with Gasteiger partial charge >= 0.3 is 23.9 Å². The van der Waals surface area contributed by atoms with Crippen LogP contribution in [-0.4, -0.2) is 23.9 Å². The fourth-order valence-corrected chi connectivity index (χ4v) is 7.19. The predicted molar refractivity (Wildman–Crippen MR) is 182 cm³/mol. The zero-order valence-electron chi connectivity index (χ0n) is 24.7. The third-order valence-electron chi connectivity index (χ3n) is 6.22. The van der Waals surface area contributed by atoms with Gasteiger partial charge in [-0.25, -0.2) is 0 Å². The van der Waals surface area contributed by atoms with E-state index in [4.69, 9.17) is 23.7 Å². The van der Waals surface area contributed by atoms with Crippen LogP contribution < -0.4 is 18.9 Å². The van der Waals surface area contributed by atoms with Crippen LogP contribution in [0.15, 0.2) is 97.1 Å². The molecule has 0 saturated heterocycles. The quantitative estimate of drug-likeness (QED) is 0.0700. The zero-order chi connectivity index (χ0) is 32.8. The van der Waals surface area contributed by atoms with Gasteiger partial charge in [-0.3, -0.25) is 19.2 Å². The third kappa shape index (κ3) is 7.89. The monoisotopic (exact) mass is 834 g/mol. The van der Waals surface area contributed by atoms with E-state index in [0.717, 1.165) is 0 Å². The smallest absolute Gasteiger partial charge is 0.308 e. The summed E-state index contributed by atoms with van der Waals surface area (Å²) in [5, 5.41) is 0. The van der Waals surface area contributed by atoms with Crippen LogP contribution >= 0.6 is 45.2 Å². The van der Waals surface area contributed by atoms with Gasteiger partial charge in [0.1, 0.15) is 0 Å². The molecule has 0 aliphatic carbocycles. The summed E-state index contributed by atoms with van der Waals surface area (Å²) in [5.74, 6) is -2.49. The van der Waals surface area contributed by atoms with Gasteiger partial charge in [0.15, 0.2) is 30.2 Å². The van der Waals surface area contributed by atoms with E-state index in [1.54, 1.807) is 24.3 Å². The summed E-state index contributed by atoms with van der Waals surface area (Å²) in [5.41, 5.74) is 1.98. The molecule has 4 aromatic carbocycles. The highest BCUT2D eigenvalue weighted by Gasteiger charge is 2.48. The molecule has 0 N–H and O–H groups in total. The van der Waals surface area contributed by atoms with E-state index >= 15 is 0 Å². The standard InChI is InChI=1S/C34H28I2O9/c1-21(37)41-29-19-11-17-27(31(29)43-23(3)39)33(35,25-13-7-5-8-14-25)45-34(36,26-15-9-6-10-16-26)28-18-12-20-30(42-22(2)38)32(28)44-24(4)40/h5-20H,1-4H3. The second kappa shape index (κ2) is 14.5. The number of rotatable bonds is 10. The molecule has 0 fully saturated rings. The van der Waals surface area contributed by atoms with Gasteiger partial charge in [0.25, 0.3) is 0 Å². The van der Waals surface area contributed by atoms with Crippen molar-refractivity contribution in [1.82, 2.24) is 0 Å². The Kier molecular flexibility index (Phi) is 11.0. The predicted octanol–water partition coefficient (Wildman–Crippen LogP) is 7.38. The molecule has 0 radical (unpaired) electrons. The highest BCUT2D eigenvalue weighted by atomic mass is 127.